The van der Waals surface area contributed by atoms with Gasteiger partial charge < -0.3 is 19.5 Å². The van der Waals surface area contributed by atoms with Crippen molar-refractivity contribution >= 4 is 39.6 Å². The Morgan fingerprint density at radius 2 is 1.95 bits per heavy atom. The minimum Gasteiger partial charge on any atom is -0.493 e. The van der Waals surface area contributed by atoms with Crippen LogP contribution in [0.4, 0.5) is 5.95 Å². The lowest BCUT2D eigenvalue weighted by Crippen LogP contribution is -2.29. The first-order valence-corrected chi connectivity index (χ1v) is 13.9. The molecule has 0 spiro atoms. The summed E-state index contributed by atoms with van der Waals surface area (Å²) in [6, 6.07) is 11.4. The molecule has 4 rings (SSSR count). The Morgan fingerprint density at radius 1 is 1.19 bits per heavy atom. The van der Waals surface area contributed by atoms with Gasteiger partial charge in [0.25, 0.3) is 0 Å². The summed E-state index contributed by atoms with van der Waals surface area (Å²) in [7, 11) is 1.60. The minimum absolute atomic E-state index is 0.267. The summed E-state index contributed by atoms with van der Waals surface area (Å²) in [6.07, 6.45) is 1.00. The number of hydrogen-bond acceptors (Lipinski definition) is 8. The summed E-state index contributed by atoms with van der Waals surface area (Å²) >= 11 is 5.25. The Hall–Kier alpha value is -2.98. The maximum Gasteiger partial charge on any atom is 0.338 e. The van der Waals surface area contributed by atoms with Crippen molar-refractivity contribution in [3.63, 3.8) is 0 Å². The molecule has 3 aromatic rings. The molecular weight excluding hydrogens is 556 g/mol. The predicted octanol–water partition coefficient (Wildman–Crippen LogP) is 6.29. The normalized spacial score (nSPS) is 14.7. The average molecular weight is 588 g/mol. The molecule has 0 amide bonds. The van der Waals surface area contributed by atoms with Gasteiger partial charge in [-0.3, -0.25) is 0 Å². The van der Waals surface area contributed by atoms with Gasteiger partial charge in [0, 0.05) is 11.4 Å². The van der Waals surface area contributed by atoms with E-state index in [1.165, 1.54) is 5.56 Å². The summed E-state index contributed by atoms with van der Waals surface area (Å²) in [6.45, 7) is 8.46. The Morgan fingerprint density at radius 3 is 2.62 bits per heavy atom. The SMILES string of the molecule is CCCSc1nc2n(n1)C(c1cc(Br)c(OCc3ccc(C)cc3)c(OC)c1)C(C(=O)OCC)=C(C)N2. The van der Waals surface area contributed by atoms with E-state index in [1.807, 2.05) is 31.2 Å². The number of carbonyl (C=O) groups is 1. The topological polar surface area (TPSA) is 87.5 Å². The number of nitrogens with one attached hydrogen (secondary N) is 1. The van der Waals surface area contributed by atoms with E-state index in [0.29, 0.717) is 45.0 Å². The van der Waals surface area contributed by atoms with Crippen molar-refractivity contribution in [1.82, 2.24) is 14.8 Å². The van der Waals surface area contributed by atoms with Crippen LogP contribution in [0.1, 0.15) is 49.9 Å². The standard InChI is InChI=1S/C27H31BrN4O4S/c1-6-12-37-27-30-26-29-17(4)22(25(33)35-7-2)23(32(26)31-27)19-13-20(28)24(21(14-19)34-5)36-15-18-10-8-16(3)9-11-18/h8-11,13-14,23H,6-7,12,15H2,1-5H3,(H,29,30,31). The van der Waals surface area contributed by atoms with Gasteiger partial charge >= 0.3 is 5.97 Å². The molecule has 0 bridgehead atoms. The van der Waals surface area contributed by atoms with Gasteiger partial charge in [0.1, 0.15) is 12.6 Å². The van der Waals surface area contributed by atoms with Crippen molar-refractivity contribution in [2.45, 2.75) is 51.9 Å². The number of benzene rings is 2. The molecule has 196 valence electrons. The predicted molar refractivity (Wildman–Crippen MR) is 148 cm³/mol. The van der Waals surface area contributed by atoms with Gasteiger partial charge in [0.15, 0.2) is 11.5 Å². The fourth-order valence-electron chi connectivity index (χ4n) is 4.04. The van der Waals surface area contributed by atoms with Gasteiger partial charge in [0.2, 0.25) is 11.1 Å². The van der Waals surface area contributed by atoms with Crippen LogP contribution in [0.2, 0.25) is 0 Å². The molecule has 1 N–H and O–H groups in total. The third kappa shape index (κ3) is 5.96. The lowest BCUT2D eigenvalue weighted by Gasteiger charge is -2.28. The molecule has 1 aliphatic heterocycles. The van der Waals surface area contributed by atoms with Crippen LogP contribution in [-0.2, 0) is 16.1 Å². The molecule has 0 saturated carbocycles. The van der Waals surface area contributed by atoms with Crippen LogP contribution in [-0.4, -0.2) is 40.2 Å². The first kappa shape index (κ1) is 27.1. The van der Waals surface area contributed by atoms with Crippen LogP contribution in [0.25, 0.3) is 0 Å². The van der Waals surface area contributed by atoms with E-state index in [4.69, 9.17) is 19.3 Å². The molecule has 0 saturated heterocycles. The maximum absolute atomic E-state index is 13.1. The first-order chi connectivity index (χ1) is 17.9. The van der Waals surface area contributed by atoms with Crippen LogP contribution in [0, 0.1) is 6.92 Å². The number of thioether (sulfide) groups is 1. The van der Waals surface area contributed by atoms with Crippen LogP contribution in [0.15, 0.2) is 57.3 Å². The van der Waals surface area contributed by atoms with Gasteiger partial charge in [-0.15, -0.1) is 5.10 Å². The zero-order chi connectivity index (χ0) is 26.5. The van der Waals surface area contributed by atoms with Gasteiger partial charge in [-0.25, -0.2) is 9.48 Å². The molecule has 8 nitrogen and oxygen atoms in total. The number of carbonyl (C=O) groups excluding carboxylic acids is 1. The Balaban J connectivity index is 1.75. The van der Waals surface area contributed by atoms with Gasteiger partial charge in [-0.05, 0) is 66.4 Å². The zero-order valence-corrected chi connectivity index (χ0v) is 24.0. The number of halogens is 1. The summed E-state index contributed by atoms with van der Waals surface area (Å²) < 4.78 is 19.8. The highest BCUT2D eigenvalue weighted by Crippen LogP contribution is 2.43. The molecule has 1 unspecified atom stereocenters. The van der Waals surface area contributed by atoms with Crippen LogP contribution in [0.5, 0.6) is 11.5 Å². The van der Waals surface area contributed by atoms with Crippen LogP contribution in [0.3, 0.4) is 0 Å². The molecule has 0 fully saturated rings. The van der Waals surface area contributed by atoms with E-state index in [-0.39, 0.29) is 6.61 Å². The number of fused-ring (bicyclic) bond motifs is 1. The Labute approximate surface area is 229 Å². The van der Waals surface area contributed by atoms with Crippen LogP contribution < -0.4 is 14.8 Å². The molecule has 1 aliphatic rings. The van der Waals surface area contributed by atoms with E-state index in [9.17, 15) is 4.79 Å². The van der Waals surface area contributed by atoms with Crippen LogP contribution >= 0.6 is 27.7 Å². The van der Waals surface area contributed by atoms with Gasteiger partial charge in [-0.2, -0.15) is 4.98 Å². The molecular formula is C27H31BrN4O4S. The smallest absolute Gasteiger partial charge is 0.338 e. The number of rotatable bonds is 10. The lowest BCUT2D eigenvalue weighted by molar-refractivity contribution is -0.139. The Bertz CT molecular complexity index is 1310. The Kier molecular flexibility index (Phi) is 8.81. The van der Waals surface area contributed by atoms with Crippen molar-refractivity contribution in [2.75, 3.05) is 24.8 Å². The lowest BCUT2D eigenvalue weighted by atomic mass is 9.95. The number of nitrogens with zero attached hydrogens (tertiary/aromatic N) is 3. The number of hydrogen-bond donors (Lipinski definition) is 1. The molecule has 37 heavy (non-hydrogen) atoms. The van der Waals surface area contributed by atoms with Gasteiger partial charge in [0.05, 0.1) is 23.8 Å². The highest BCUT2D eigenvalue weighted by molar-refractivity contribution is 9.10. The van der Waals surface area contributed by atoms with E-state index in [0.717, 1.165) is 23.3 Å². The quantitative estimate of drug-likeness (QED) is 0.219. The monoisotopic (exact) mass is 586 g/mol. The number of esters is 1. The number of aromatic nitrogens is 3. The zero-order valence-electron chi connectivity index (χ0n) is 21.6. The molecule has 0 radical (unpaired) electrons. The van der Waals surface area contributed by atoms with Crippen molar-refractivity contribution in [2.24, 2.45) is 0 Å². The summed E-state index contributed by atoms with van der Waals surface area (Å²) in [5, 5.41) is 8.62. The number of ether oxygens (including phenoxy) is 3. The number of allylic oxidation sites excluding steroid dienone is 1. The minimum atomic E-state index is -0.560. The van der Waals surface area contributed by atoms with Crippen molar-refractivity contribution in [3.05, 3.63) is 68.8 Å². The van der Waals surface area contributed by atoms with Crippen molar-refractivity contribution in [1.29, 1.82) is 0 Å². The molecule has 2 heterocycles. The van der Waals surface area contributed by atoms with Crippen molar-refractivity contribution < 1.29 is 19.0 Å². The molecule has 2 aromatic carbocycles. The number of anilines is 1. The second-order valence-electron chi connectivity index (χ2n) is 8.61. The summed E-state index contributed by atoms with van der Waals surface area (Å²) in [5.74, 6) is 2.19. The second kappa shape index (κ2) is 12.0. The van der Waals surface area contributed by atoms with E-state index >= 15 is 0 Å². The highest BCUT2D eigenvalue weighted by Gasteiger charge is 2.36. The fraction of sp³-hybridized carbons (Fsp3) is 0.370. The highest BCUT2D eigenvalue weighted by atomic mass is 79.9. The van der Waals surface area contributed by atoms with E-state index in [2.05, 4.69) is 52.2 Å². The van der Waals surface area contributed by atoms with Crippen molar-refractivity contribution in [3.8, 4) is 11.5 Å². The summed E-state index contributed by atoms with van der Waals surface area (Å²) in [5.41, 5.74) is 4.17. The molecule has 1 aromatic heterocycles. The molecule has 10 heteroatoms. The van der Waals surface area contributed by atoms with E-state index < -0.39 is 12.0 Å². The van der Waals surface area contributed by atoms with E-state index in [1.54, 1.807) is 30.5 Å². The van der Waals surface area contributed by atoms with Gasteiger partial charge in [-0.1, -0.05) is 48.5 Å². The second-order valence-corrected chi connectivity index (χ2v) is 10.5. The third-order valence-corrected chi connectivity index (χ3v) is 7.47. The maximum atomic E-state index is 13.1. The number of methoxy groups -OCH3 is 1. The number of aryl methyl sites for hydroxylation is 1. The largest absolute Gasteiger partial charge is 0.493 e. The fourth-order valence-corrected chi connectivity index (χ4v) is 5.30. The first-order valence-electron chi connectivity index (χ1n) is 12.2. The molecule has 0 aliphatic carbocycles. The summed E-state index contributed by atoms with van der Waals surface area (Å²) in [4.78, 5) is 17.8. The average Bonchev–Trinajstić information content (AvgIpc) is 3.28. The third-order valence-electron chi connectivity index (χ3n) is 5.84. The molecule has 1 atom stereocenters.